The Morgan fingerprint density at radius 3 is 2.81 bits per heavy atom. The summed E-state index contributed by atoms with van der Waals surface area (Å²) in [6.45, 7) is 7.05. The lowest BCUT2D eigenvalue weighted by Gasteiger charge is -2.56. The van der Waals surface area contributed by atoms with Crippen LogP contribution in [0.1, 0.15) is 44.1 Å². The second-order valence-electron chi connectivity index (χ2n) is 13.1. The molecular weight excluding hydrogens is 549 g/mol. The van der Waals surface area contributed by atoms with Gasteiger partial charge in [0.25, 0.3) is 0 Å². The van der Waals surface area contributed by atoms with Gasteiger partial charge in [-0.1, -0.05) is 12.6 Å². The third-order valence-corrected chi connectivity index (χ3v) is 10.7. The number of likely N-dealkylation sites (N-methyl/N-ethyl adjacent to an activating group) is 1. The molecule has 5 aliphatic rings. The fourth-order valence-electron chi connectivity index (χ4n) is 8.36. The van der Waals surface area contributed by atoms with Crippen molar-refractivity contribution >= 4 is 17.5 Å². The number of nitrogens with one attached hydrogen (secondary N) is 2. The minimum Gasteiger partial charge on any atom is -0.348 e. The molecule has 2 amide bonds. The molecule has 4 heterocycles. The Bertz CT molecular complexity index is 1290. The largest absolute Gasteiger partial charge is 0.348 e. The number of benzene rings is 1. The second kappa shape index (κ2) is 12.3. The summed E-state index contributed by atoms with van der Waals surface area (Å²) in [4.78, 5) is 34.6. The molecule has 11 heteroatoms. The van der Waals surface area contributed by atoms with Gasteiger partial charge < -0.3 is 19.4 Å². The van der Waals surface area contributed by atoms with Gasteiger partial charge in [-0.3, -0.25) is 25.1 Å². The van der Waals surface area contributed by atoms with Crippen LogP contribution < -0.4 is 15.5 Å². The third-order valence-electron chi connectivity index (χ3n) is 10.7. The number of ether oxygens (including phenoxy) is 1. The summed E-state index contributed by atoms with van der Waals surface area (Å²) in [5, 5.41) is 17.0. The molecule has 1 aromatic carbocycles. The predicted molar refractivity (Wildman–Crippen MR) is 160 cm³/mol. The summed E-state index contributed by atoms with van der Waals surface area (Å²) >= 11 is 0. The van der Waals surface area contributed by atoms with E-state index in [1.165, 1.54) is 12.1 Å². The number of halogens is 1. The zero-order chi connectivity index (χ0) is 30.3. The van der Waals surface area contributed by atoms with Gasteiger partial charge in [-0.2, -0.15) is 5.26 Å². The van der Waals surface area contributed by atoms with Gasteiger partial charge in [0.1, 0.15) is 5.82 Å². The zero-order valence-electron chi connectivity index (χ0n) is 25.3. The molecule has 7 atom stereocenters. The lowest BCUT2D eigenvalue weighted by molar-refractivity contribution is -0.143. The summed E-state index contributed by atoms with van der Waals surface area (Å²) < 4.78 is 21.5. The van der Waals surface area contributed by atoms with E-state index in [0.29, 0.717) is 62.8 Å². The number of nitriles is 1. The molecule has 43 heavy (non-hydrogen) atoms. The van der Waals surface area contributed by atoms with E-state index in [1.807, 2.05) is 6.07 Å². The summed E-state index contributed by atoms with van der Waals surface area (Å²) in [7, 11) is 3.89. The lowest BCUT2D eigenvalue weighted by Crippen LogP contribution is -2.73. The van der Waals surface area contributed by atoms with Crippen molar-refractivity contribution in [1.29, 1.82) is 5.26 Å². The number of piperazine rings is 1. The number of fused-ring (bicyclic) bond motifs is 2. The average molecular weight is 594 g/mol. The Balaban J connectivity index is 1.25. The van der Waals surface area contributed by atoms with Crippen LogP contribution in [0.3, 0.4) is 0 Å². The first-order chi connectivity index (χ1) is 20.7. The molecule has 6 rings (SSSR count). The van der Waals surface area contributed by atoms with Crippen LogP contribution in [0, 0.1) is 28.5 Å². The van der Waals surface area contributed by atoms with Crippen LogP contribution in [0.25, 0.3) is 0 Å². The molecule has 1 aliphatic carbocycles. The fourth-order valence-corrected chi connectivity index (χ4v) is 8.36. The first-order valence-electron chi connectivity index (χ1n) is 15.7. The molecular formula is C32H44FN7O3. The van der Waals surface area contributed by atoms with Crippen LogP contribution in [0.4, 0.5) is 10.1 Å². The molecule has 1 saturated carbocycles. The number of hydrogen-bond acceptors (Lipinski definition) is 8. The van der Waals surface area contributed by atoms with Gasteiger partial charge in [0.15, 0.2) is 6.35 Å². The molecule has 0 aromatic heterocycles. The number of hydrogen-bond donors (Lipinski definition) is 2. The highest BCUT2D eigenvalue weighted by atomic mass is 19.1. The first-order valence-corrected chi connectivity index (χ1v) is 15.7. The Kier molecular flexibility index (Phi) is 8.59. The third kappa shape index (κ3) is 5.60. The number of nitrogens with zero attached hydrogens (tertiary/aromatic N) is 5. The Morgan fingerprint density at radius 1 is 1.23 bits per heavy atom. The Hall–Kier alpha value is -2.88. The van der Waals surface area contributed by atoms with Gasteiger partial charge in [-0.25, -0.2) is 4.39 Å². The van der Waals surface area contributed by atoms with Gasteiger partial charge in [-0.15, -0.1) is 0 Å². The molecule has 1 spiro atoms. The normalized spacial score (nSPS) is 35.0. The maximum atomic E-state index is 15.1. The smallest absolute Gasteiger partial charge is 0.246 e. The monoisotopic (exact) mass is 593 g/mol. The second-order valence-corrected chi connectivity index (χ2v) is 13.1. The molecule has 0 bridgehead atoms. The lowest BCUT2D eigenvalue weighted by atomic mass is 9.62. The van der Waals surface area contributed by atoms with E-state index in [-0.39, 0.29) is 48.2 Å². The molecule has 3 saturated heterocycles. The Labute approximate surface area is 253 Å². The van der Waals surface area contributed by atoms with Gasteiger partial charge in [0, 0.05) is 55.9 Å². The minimum absolute atomic E-state index is 0.0285. The van der Waals surface area contributed by atoms with Crippen molar-refractivity contribution in [3.63, 3.8) is 0 Å². The number of anilines is 1. The van der Waals surface area contributed by atoms with Crippen molar-refractivity contribution in [1.82, 2.24) is 25.3 Å². The van der Waals surface area contributed by atoms with Crippen molar-refractivity contribution in [2.75, 3.05) is 51.8 Å². The molecule has 4 unspecified atom stereocenters. The van der Waals surface area contributed by atoms with Gasteiger partial charge in [-0.05, 0) is 70.3 Å². The van der Waals surface area contributed by atoms with Crippen molar-refractivity contribution in [3.05, 3.63) is 42.2 Å². The number of rotatable bonds is 6. The molecule has 4 fully saturated rings. The Morgan fingerprint density at radius 2 is 2.07 bits per heavy atom. The van der Waals surface area contributed by atoms with Gasteiger partial charge in [0.05, 0.1) is 36.7 Å². The molecule has 10 nitrogen and oxygen atoms in total. The van der Waals surface area contributed by atoms with Crippen LogP contribution >= 0.6 is 0 Å². The molecule has 2 N–H and O–H groups in total. The summed E-state index contributed by atoms with van der Waals surface area (Å²) in [5.74, 6) is -0.183. The quantitative estimate of drug-likeness (QED) is 0.483. The minimum atomic E-state index is -0.686. The maximum absolute atomic E-state index is 15.1. The van der Waals surface area contributed by atoms with Crippen molar-refractivity contribution < 1.29 is 18.7 Å². The number of carbonyl (C=O) groups is 2. The van der Waals surface area contributed by atoms with Crippen LogP contribution in [-0.2, 0) is 20.7 Å². The van der Waals surface area contributed by atoms with Crippen molar-refractivity contribution in [2.45, 2.75) is 75.6 Å². The highest BCUT2D eigenvalue weighted by Crippen LogP contribution is 2.49. The molecule has 4 aliphatic heterocycles. The summed E-state index contributed by atoms with van der Waals surface area (Å²) in [6, 6.07) is 7.34. The fraction of sp³-hybridized carbons (Fsp3) is 0.656. The van der Waals surface area contributed by atoms with E-state index < -0.39 is 11.8 Å². The number of likely N-dealkylation sites (tertiary alicyclic amines) is 1. The SMILES string of the molecule is C=CC(=O)N1CCN(C2NC(OC[C@H]3CCCN3C)NC3C[C@]4(CCC32)Cc2c(F)cccc2N(C)C4=O)C[C@H]1CC#N. The van der Waals surface area contributed by atoms with Crippen LogP contribution in [0.15, 0.2) is 30.9 Å². The topological polar surface area (TPSA) is 104 Å². The first kappa shape index (κ1) is 30.2. The summed E-state index contributed by atoms with van der Waals surface area (Å²) in [5.41, 5.74) is 0.591. The van der Waals surface area contributed by atoms with E-state index in [2.05, 4.69) is 40.1 Å². The van der Waals surface area contributed by atoms with Gasteiger partial charge >= 0.3 is 0 Å². The van der Waals surface area contributed by atoms with Crippen LogP contribution in [-0.4, -0.2) is 104 Å². The van der Waals surface area contributed by atoms with E-state index in [1.54, 1.807) is 22.9 Å². The van der Waals surface area contributed by atoms with Crippen molar-refractivity contribution in [2.24, 2.45) is 11.3 Å². The van der Waals surface area contributed by atoms with E-state index in [0.717, 1.165) is 25.8 Å². The number of amides is 2. The van der Waals surface area contributed by atoms with Crippen molar-refractivity contribution in [3.8, 4) is 6.07 Å². The predicted octanol–water partition coefficient (Wildman–Crippen LogP) is 2.03. The maximum Gasteiger partial charge on any atom is 0.246 e. The highest BCUT2D eigenvalue weighted by molar-refractivity contribution is 6.00. The molecule has 1 aromatic rings. The van der Waals surface area contributed by atoms with Gasteiger partial charge in [0.2, 0.25) is 11.8 Å². The number of carbonyl (C=O) groups excluding carboxylic acids is 2. The average Bonchev–Trinajstić information content (AvgIpc) is 3.43. The van der Waals surface area contributed by atoms with E-state index in [9.17, 15) is 14.9 Å². The van der Waals surface area contributed by atoms with Crippen LogP contribution in [0.2, 0.25) is 0 Å². The summed E-state index contributed by atoms with van der Waals surface area (Å²) in [6.07, 6.45) is 5.79. The van der Waals surface area contributed by atoms with E-state index >= 15 is 4.39 Å². The zero-order valence-corrected chi connectivity index (χ0v) is 25.3. The highest BCUT2D eigenvalue weighted by Gasteiger charge is 2.54. The standard InChI is InChI=1S/C32H44FN7O3/c1-4-28(41)40-16-15-39(19-21(40)11-13-34)29-23-10-12-32(17-24-25(33)8-5-9-27(24)38(3)30(32)42)18-26(23)35-31(36-29)43-20-22-7-6-14-37(22)2/h4-5,8-9,21-23,26,29,31,35-36H,1,6-7,10-12,14-20H2,2-3H3/t21-,22-,23?,26?,29?,31?,32+/m1/s1. The van der Waals surface area contributed by atoms with E-state index in [4.69, 9.17) is 4.74 Å². The molecule has 232 valence electrons. The molecule has 0 radical (unpaired) electrons. The van der Waals surface area contributed by atoms with Crippen LogP contribution in [0.5, 0.6) is 0 Å².